The lowest BCUT2D eigenvalue weighted by atomic mass is 10.0. The van der Waals surface area contributed by atoms with Crippen molar-refractivity contribution in [3.63, 3.8) is 0 Å². The van der Waals surface area contributed by atoms with Gasteiger partial charge in [0.25, 0.3) is 0 Å². The van der Waals surface area contributed by atoms with E-state index in [4.69, 9.17) is 4.74 Å². The normalized spacial score (nSPS) is 14.7. The standard InChI is InChI=1S/C28H39N5O2/c1-20(2)30-13-11-29-12-14-31-24-9-15-33(16-10-24)25-6-4-5-21(18-25)27-19-23-17-22(28(34)35-3)7-8-26(23)32-27/h4-8,17-20,24,29-32H,9-16H2,1-3H3. The maximum atomic E-state index is 11.9. The summed E-state index contributed by atoms with van der Waals surface area (Å²) in [6, 6.07) is 17.6. The first-order valence-electron chi connectivity index (χ1n) is 12.8. The van der Waals surface area contributed by atoms with Crippen LogP contribution in [0.1, 0.15) is 37.0 Å². The zero-order chi connectivity index (χ0) is 24.6. The van der Waals surface area contributed by atoms with Crippen LogP contribution < -0.4 is 20.9 Å². The molecule has 0 radical (unpaired) electrons. The highest BCUT2D eigenvalue weighted by Crippen LogP contribution is 2.29. The predicted molar refractivity (Wildman–Crippen MR) is 144 cm³/mol. The summed E-state index contributed by atoms with van der Waals surface area (Å²) in [4.78, 5) is 17.8. The largest absolute Gasteiger partial charge is 0.465 e. The second-order valence-corrected chi connectivity index (χ2v) is 9.60. The number of aromatic amines is 1. The van der Waals surface area contributed by atoms with Crippen molar-refractivity contribution in [1.29, 1.82) is 0 Å². The molecule has 0 atom stereocenters. The van der Waals surface area contributed by atoms with Gasteiger partial charge >= 0.3 is 5.97 Å². The Kier molecular flexibility index (Phi) is 8.79. The van der Waals surface area contributed by atoms with Crippen molar-refractivity contribution in [1.82, 2.24) is 20.9 Å². The maximum Gasteiger partial charge on any atom is 0.337 e. The molecule has 4 rings (SSSR count). The van der Waals surface area contributed by atoms with E-state index >= 15 is 0 Å². The van der Waals surface area contributed by atoms with E-state index in [0.717, 1.165) is 74.3 Å². The van der Waals surface area contributed by atoms with Gasteiger partial charge in [0.05, 0.1) is 12.7 Å². The summed E-state index contributed by atoms with van der Waals surface area (Å²) >= 11 is 0. The first-order valence-corrected chi connectivity index (χ1v) is 12.8. The summed E-state index contributed by atoms with van der Waals surface area (Å²) in [5.74, 6) is -0.315. The number of benzene rings is 2. The molecule has 1 saturated heterocycles. The minimum absolute atomic E-state index is 0.315. The Hall–Kier alpha value is -2.87. The minimum atomic E-state index is -0.315. The van der Waals surface area contributed by atoms with Crippen molar-refractivity contribution >= 4 is 22.6 Å². The lowest BCUT2D eigenvalue weighted by molar-refractivity contribution is 0.0601. The van der Waals surface area contributed by atoms with Gasteiger partial charge in [0.1, 0.15) is 0 Å². The minimum Gasteiger partial charge on any atom is -0.465 e. The van der Waals surface area contributed by atoms with Gasteiger partial charge in [0.2, 0.25) is 0 Å². The molecule has 2 heterocycles. The molecule has 0 bridgehead atoms. The van der Waals surface area contributed by atoms with Crippen LogP contribution in [-0.2, 0) is 4.74 Å². The smallest absolute Gasteiger partial charge is 0.337 e. The Morgan fingerprint density at radius 2 is 1.86 bits per heavy atom. The number of anilines is 1. The Morgan fingerprint density at radius 1 is 1.06 bits per heavy atom. The van der Waals surface area contributed by atoms with Gasteiger partial charge in [-0.25, -0.2) is 4.79 Å². The van der Waals surface area contributed by atoms with Gasteiger partial charge in [0.15, 0.2) is 0 Å². The topological polar surface area (TPSA) is 81.4 Å². The fourth-order valence-electron chi connectivity index (χ4n) is 4.68. The number of hydrogen-bond donors (Lipinski definition) is 4. The Bertz CT molecular complexity index is 1100. The monoisotopic (exact) mass is 477 g/mol. The number of hydrogen-bond acceptors (Lipinski definition) is 6. The second-order valence-electron chi connectivity index (χ2n) is 9.60. The lowest BCUT2D eigenvalue weighted by Gasteiger charge is -2.34. The molecule has 0 saturated carbocycles. The molecule has 7 heteroatoms. The van der Waals surface area contributed by atoms with Gasteiger partial charge in [-0.3, -0.25) is 0 Å². The quantitative estimate of drug-likeness (QED) is 0.249. The third kappa shape index (κ3) is 6.84. The van der Waals surface area contributed by atoms with E-state index in [9.17, 15) is 4.79 Å². The Morgan fingerprint density at radius 3 is 2.63 bits per heavy atom. The lowest BCUT2D eigenvalue weighted by Crippen LogP contribution is -2.44. The number of rotatable bonds is 11. The molecule has 0 spiro atoms. The number of ether oxygens (including phenoxy) is 1. The first-order chi connectivity index (χ1) is 17.0. The van der Waals surface area contributed by atoms with Crippen LogP contribution in [-0.4, -0.2) is 69.4 Å². The second kappa shape index (κ2) is 12.2. The van der Waals surface area contributed by atoms with E-state index in [1.165, 1.54) is 12.8 Å². The van der Waals surface area contributed by atoms with E-state index < -0.39 is 0 Å². The molecule has 1 aromatic heterocycles. The molecule has 0 unspecified atom stereocenters. The van der Waals surface area contributed by atoms with Crippen LogP contribution in [0.15, 0.2) is 48.5 Å². The number of methoxy groups -OCH3 is 1. The zero-order valence-corrected chi connectivity index (χ0v) is 21.2. The van der Waals surface area contributed by atoms with Crippen molar-refractivity contribution < 1.29 is 9.53 Å². The van der Waals surface area contributed by atoms with Crippen LogP contribution in [0, 0.1) is 0 Å². The highest BCUT2D eigenvalue weighted by molar-refractivity contribution is 5.96. The van der Waals surface area contributed by atoms with Gasteiger partial charge in [-0.15, -0.1) is 0 Å². The third-order valence-corrected chi connectivity index (χ3v) is 6.65. The van der Waals surface area contributed by atoms with Crippen LogP contribution in [0.2, 0.25) is 0 Å². The van der Waals surface area contributed by atoms with Crippen LogP contribution >= 0.6 is 0 Å². The highest BCUT2D eigenvalue weighted by Gasteiger charge is 2.19. The van der Waals surface area contributed by atoms with Crippen molar-refractivity contribution in [2.24, 2.45) is 0 Å². The summed E-state index contributed by atoms with van der Waals surface area (Å²) < 4.78 is 4.85. The van der Waals surface area contributed by atoms with Crippen molar-refractivity contribution in [2.45, 2.75) is 38.8 Å². The van der Waals surface area contributed by atoms with Crippen molar-refractivity contribution in [3.8, 4) is 11.3 Å². The fraction of sp³-hybridized carbons (Fsp3) is 0.464. The van der Waals surface area contributed by atoms with Crippen LogP contribution in [0.5, 0.6) is 0 Å². The average molecular weight is 478 g/mol. The number of nitrogens with zero attached hydrogens (tertiary/aromatic N) is 1. The maximum absolute atomic E-state index is 11.9. The van der Waals surface area contributed by atoms with Crippen molar-refractivity contribution in [3.05, 3.63) is 54.1 Å². The molecule has 2 aromatic carbocycles. The highest BCUT2D eigenvalue weighted by atomic mass is 16.5. The third-order valence-electron chi connectivity index (χ3n) is 6.65. The van der Waals surface area contributed by atoms with E-state index in [0.29, 0.717) is 17.6 Å². The van der Waals surface area contributed by atoms with E-state index in [1.807, 2.05) is 12.1 Å². The number of carbonyl (C=O) groups excluding carboxylic acids is 1. The molecule has 7 nitrogen and oxygen atoms in total. The summed E-state index contributed by atoms with van der Waals surface area (Å²) in [5, 5.41) is 11.6. The SMILES string of the molecule is COC(=O)c1ccc2[nH]c(-c3cccc(N4CCC(NCCNCCNC(C)C)CC4)c3)cc2c1. The molecule has 4 N–H and O–H groups in total. The van der Waals surface area contributed by atoms with E-state index in [-0.39, 0.29) is 5.97 Å². The number of piperidine rings is 1. The van der Waals surface area contributed by atoms with Gasteiger partial charge < -0.3 is 30.6 Å². The summed E-state index contributed by atoms with van der Waals surface area (Å²) in [6.45, 7) is 10.5. The zero-order valence-electron chi connectivity index (χ0n) is 21.2. The number of H-pyrrole nitrogens is 1. The first kappa shape index (κ1) is 25.2. The molecule has 1 aliphatic rings. The van der Waals surface area contributed by atoms with E-state index in [2.05, 4.69) is 70.0 Å². The molecule has 0 aliphatic carbocycles. The number of carbonyl (C=O) groups is 1. The van der Waals surface area contributed by atoms with Crippen LogP contribution in [0.3, 0.4) is 0 Å². The molecular formula is C28H39N5O2. The van der Waals surface area contributed by atoms with Gasteiger partial charge in [-0.05, 0) is 54.8 Å². The average Bonchev–Trinajstić information content (AvgIpc) is 3.31. The van der Waals surface area contributed by atoms with Crippen molar-refractivity contribution in [2.75, 3.05) is 51.3 Å². The molecule has 3 aromatic rings. The molecule has 188 valence electrons. The summed E-state index contributed by atoms with van der Waals surface area (Å²) in [5.41, 5.74) is 5.03. The molecule has 1 fully saturated rings. The van der Waals surface area contributed by atoms with Crippen LogP contribution in [0.25, 0.3) is 22.2 Å². The number of esters is 1. The Balaban J connectivity index is 1.29. The fourth-order valence-corrected chi connectivity index (χ4v) is 4.68. The number of nitrogens with one attached hydrogen (secondary N) is 4. The summed E-state index contributed by atoms with van der Waals surface area (Å²) in [6.07, 6.45) is 2.31. The van der Waals surface area contributed by atoms with Gasteiger partial charge in [-0.2, -0.15) is 0 Å². The molecule has 1 aliphatic heterocycles. The van der Waals surface area contributed by atoms with E-state index in [1.54, 1.807) is 6.07 Å². The molecule has 0 amide bonds. The number of fused-ring (bicyclic) bond motifs is 1. The molecule has 35 heavy (non-hydrogen) atoms. The van der Waals surface area contributed by atoms with Gasteiger partial charge in [0, 0.05) is 73.6 Å². The van der Waals surface area contributed by atoms with Gasteiger partial charge in [-0.1, -0.05) is 26.0 Å². The number of aromatic nitrogens is 1. The Labute approximate surface area is 208 Å². The summed E-state index contributed by atoms with van der Waals surface area (Å²) in [7, 11) is 1.41. The predicted octanol–water partition coefficient (Wildman–Crippen LogP) is 3.77. The molecular weight excluding hydrogens is 438 g/mol. The van der Waals surface area contributed by atoms with Crippen LogP contribution in [0.4, 0.5) is 5.69 Å².